The van der Waals surface area contributed by atoms with Crippen molar-refractivity contribution < 1.29 is 14.3 Å². The first-order valence-corrected chi connectivity index (χ1v) is 12.9. The van der Waals surface area contributed by atoms with Gasteiger partial charge >= 0.3 is 5.97 Å². The molecule has 1 unspecified atom stereocenters. The normalized spacial score (nSPS) is 18.1. The molecule has 5 nitrogen and oxygen atoms in total. The van der Waals surface area contributed by atoms with Crippen molar-refractivity contribution >= 4 is 11.8 Å². The van der Waals surface area contributed by atoms with Crippen molar-refractivity contribution in [3.05, 3.63) is 126 Å². The van der Waals surface area contributed by atoms with E-state index in [2.05, 4.69) is 83.6 Å². The number of imidazole rings is 1. The molecular formula is C32H32N2O3. The number of benzene rings is 3. The first kappa shape index (κ1) is 24.7. The van der Waals surface area contributed by atoms with Gasteiger partial charge in [-0.05, 0) is 35.4 Å². The van der Waals surface area contributed by atoms with Crippen molar-refractivity contribution in [1.82, 2.24) is 9.55 Å². The Balaban J connectivity index is 1.58. The first-order valence-electron chi connectivity index (χ1n) is 12.9. The summed E-state index contributed by atoms with van der Waals surface area (Å²) in [6.07, 6.45) is 5.26. The highest BCUT2D eigenvalue weighted by Crippen LogP contribution is 2.41. The third-order valence-corrected chi connectivity index (χ3v) is 7.61. The van der Waals surface area contributed by atoms with E-state index in [0.717, 1.165) is 22.4 Å². The second-order valence-corrected chi connectivity index (χ2v) is 10.2. The van der Waals surface area contributed by atoms with Crippen LogP contribution in [0.1, 0.15) is 55.5 Å². The van der Waals surface area contributed by atoms with Crippen molar-refractivity contribution in [2.45, 2.75) is 50.7 Å². The minimum absolute atomic E-state index is 0.0276. The van der Waals surface area contributed by atoms with Crippen molar-refractivity contribution in [3.8, 4) is 0 Å². The first-order chi connectivity index (χ1) is 17.9. The topological polar surface area (TPSA) is 61.2 Å². The lowest BCUT2D eigenvalue weighted by atomic mass is 9.76. The van der Waals surface area contributed by atoms with Gasteiger partial charge in [0.25, 0.3) is 0 Å². The Morgan fingerprint density at radius 3 is 1.84 bits per heavy atom. The summed E-state index contributed by atoms with van der Waals surface area (Å²) >= 11 is 0. The van der Waals surface area contributed by atoms with Crippen LogP contribution < -0.4 is 0 Å². The number of ether oxygens (including phenoxy) is 1. The Hall–Kier alpha value is -3.99. The zero-order valence-electron chi connectivity index (χ0n) is 21.3. The summed E-state index contributed by atoms with van der Waals surface area (Å²) in [4.78, 5) is 29.2. The van der Waals surface area contributed by atoms with Crippen LogP contribution in [0.3, 0.4) is 0 Å². The van der Waals surface area contributed by atoms with E-state index in [0.29, 0.717) is 12.8 Å². The van der Waals surface area contributed by atoms with Crippen LogP contribution >= 0.6 is 0 Å². The van der Waals surface area contributed by atoms with E-state index < -0.39 is 17.1 Å². The highest BCUT2D eigenvalue weighted by molar-refractivity contribution is 5.98. The fraction of sp³-hybridized carbons (Fsp3) is 0.281. The van der Waals surface area contributed by atoms with Gasteiger partial charge in [0.1, 0.15) is 23.3 Å². The van der Waals surface area contributed by atoms with Gasteiger partial charge in [0.2, 0.25) is 0 Å². The molecule has 3 aromatic carbocycles. The summed E-state index contributed by atoms with van der Waals surface area (Å²) in [5.74, 6) is -0.446. The molecule has 0 saturated carbocycles. The fourth-order valence-electron chi connectivity index (χ4n) is 5.61. The number of carbonyl (C=O) groups is 2. The average Bonchev–Trinajstić information content (AvgIpc) is 3.39. The van der Waals surface area contributed by atoms with Gasteiger partial charge in [0.15, 0.2) is 0 Å². The van der Waals surface area contributed by atoms with E-state index in [1.807, 2.05) is 38.4 Å². The number of Topliss-reactive ketones (excluding diaryl/α,β-unsaturated/α-hetero) is 1. The maximum absolute atomic E-state index is 12.3. The van der Waals surface area contributed by atoms with Crippen LogP contribution in [-0.2, 0) is 26.3 Å². The van der Waals surface area contributed by atoms with Gasteiger partial charge < -0.3 is 9.30 Å². The Bertz CT molecular complexity index is 1250. The standard InChI is InChI=1S/C32H32N2O3/c1-24(2)31(21-29(35)20-30(36)37-31)19-18-28-22-34(23-33-28)32(25-12-6-3-7-13-25,26-14-8-4-9-15-26)27-16-10-5-11-17-27/h3-17,22-24H,18-21H2,1-2H3. The molecule has 1 aliphatic rings. The lowest BCUT2D eigenvalue weighted by molar-refractivity contribution is -0.177. The summed E-state index contributed by atoms with van der Waals surface area (Å²) in [6, 6.07) is 31.4. The number of esters is 1. The molecule has 0 radical (unpaired) electrons. The Labute approximate surface area is 218 Å². The van der Waals surface area contributed by atoms with Crippen LogP contribution in [0.25, 0.3) is 0 Å². The molecule has 5 heteroatoms. The summed E-state index contributed by atoms with van der Waals surface area (Å²) in [6.45, 7) is 4.02. The third kappa shape index (κ3) is 4.62. The second kappa shape index (κ2) is 10.2. The number of aromatic nitrogens is 2. The van der Waals surface area contributed by atoms with E-state index in [-0.39, 0.29) is 24.5 Å². The van der Waals surface area contributed by atoms with Crippen molar-refractivity contribution in [2.24, 2.45) is 5.92 Å². The molecule has 1 saturated heterocycles. The molecule has 0 amide bonds. The van der Waals surface area contributed by atoms with Gasteiger partial charge in [0, 0.05) is 12.6 Å². The van der Waals surface area contributed by atoms with E-state index in [9.17, 15) is 9.59 Å². The van der Waals surface area contributed by atoms with Crippen LogP contribution in [0.2, 0.25) is 0 Å². The average molecular weight is 493 g/mol. The summed E-state index contributed by atoms with van der Waals surface area (Å²) in [5.41, 5.74) is 2.86. The van der Waals surface area contributed by atoms with Gasteiger partial charge in [-0.1, -0.05) is 105 Å². The summed E-state index contributed by atoms with van der Waals surface area (Å²) < 4.78 is 8.00. The zero-order valence-corrected chi connectivity index (χ0v) is 21.3. The smallest absolute Gasteiger partial charge is 0.313 e. The molecule has 37 heavy (non-hydrogen) atoms. The second-order valence-electron chi connectivity index (χ2n) is 10.2. The molecule has 5 rings (SSSR count). The molecule has 1 aliphatic heterocycles. The number of hydrogen-bond acceptors (Lipinski definition) is 4. The van der Waals surface area contributed by atoms with Gasteiger partial charge in [-0.2, -0.15) is 0 Å². The van der Waals surface area contributed by atoms with Crippen LogP contribution in [-0.4, -0.2) is 26.9 Å². The minimum Gasteiger partial charge on any atom is -0.458 e. The van der Waals surface area contributed by atoms with Gasteiger partial charge in [-0.3, -0.25) is 9.59 Å². The number of carbonyl (C=O) groups excluding carboxylic acids is 2. The van der Waals surface area contributed by atoms with E-state index in [1.54, 1.807) is 0 Å². The predicted octanol–water partition coefficient (Wildman–Crippen LogP) is 5.96. The number of hydrogen-bond donors (Lipinski definition) is 0. The van der Waals surface area contributed by atoms with Gasteiger partial charge in [-0.15, -0.1) is 0 Å². The number of cyclic esters (lactones) is 1. The molecule has 2 heterocycles. The van der Waals surface area contributed by atoms with Crippen LogP contribution in [0.15, 0.2) is 104 Å². The van der Waals surface area contributed by atoms with Crippen molar-refractivity contribution in [1.29, 1.82) is 0 Å². The molecular weight excluding hydrogens is 460 g/mol. The monoisotopic (exact) mass is 492 g/mol. The molecule has 0 aliphatic carbocycles. The summed E-state index contributed by atoms with van der Waals surface area (Å²) in [5, 5.41) is 0. The number of rotatable bonds is 8. The van der Waals surface area contributed by atoms with E-state index in [4.69, 9.17) is 9.72 Å². The highest BCUT2D eigenvalue weighted by atomic mass is 16.6. The maximum Gasteiger partial charge on any atom is 0.313 e. The highest BCUT2D eigenvalue weighted by Gasteiger charge is 2.44. The third-order valence-electron chi connectivity index (χ3n) is 7.61. The summed E-state index contributed by atoms with van der Waals surface area (Å²) in [7, 11) is 0. The van der Waals surface area contributed by atoms with Crippen molar-refractivity contribution in [3.63, 3.8) is 0 Å². The molecule has 1 aromatic heterocycles. The Morgan fingerprint density at radius 2 is 1.38 bits per heavy atom. The molecule has 0 N–H and O–H groups in total. The Morgan fingerprint density at radius 1 is 0.865 bits per heavy atom. The maximum atomic E-state index is 12.3. The van der Waals surface area contributed by atoms with Crippen molar-refractivity contribution in [2.75, 3.05) is 0 Å². The minimum atomic E-state index is -0.786. The molecule has 0 bridgehead atoms. The number of aryl methyl sites for hydroxylation is 1. The van der Waals surface area contributed by atoms with E-state index in [1.165, 1.54) is 0 Å². The Kier molecular flexibility index (Phi) is 6.79. The predicted molar refractivity (Wildman–Crippen MR) is 143 cm³/mol. The number of nitrogens with zero attached hydrogens (tertiary/aromatic N) is 2. The molecule has 4 aromatic rings. The number of ketones is 1. The fourth-order valence-corrected chi connectivity index (χ4v) is 5.61. The van der Waals surface area contributed by atoms with Crippen LogP contribution in [0.5, 0.6) is 0 Å². The molecule has 1 fully saturated rings. The SMILES string of the molecule is CC(C)C1(CCc2cn(C(c3ccccc3)(c3ccccc3)c3ccccc3)cn2)CC(=O)CC(=O)O1. The molecule has 188 valence electrons. The molecule has 0 spiro atoms. The van der Waals surface area contributed by atoms with Gasteiger partial charge in [0.05, 0.1) is 12.0 Å². The zero-order chi connectivity index (χ0) is 25.9. The lowest BCUT2D eigenvalue weighted by Crippen LogP contribution is -2.47. The van der Waals surface area contributed by atoms with E-state index >= 15 is 0 Å². The largest absolute Gasteiger partial charge is 0.458 e. The lowest BCUT2D eigenvalue weighted by Gasteiger charge is -2.39. The quantitative estimate of drug-likeness (QED) is 0.173. The van der Waals surface area contributed by atoms with Crippen LogP contribution in [0, 0.1) is 5.92 Å². The molecule has 1 atom stereocenters. The van der Waals surface area contributed by atoms with Gasteiger partial charge in [-0.25, -0.2) is 4.98 Å². The van der Waals surface area contributed by atoms with Crippen LogP contribution in [0.4, 0.5) is 0 Å².